The maximum Gasteiger partial charge on any atom is 0.138 e. The smallest absolute Gasteiger partial charge is 0.138 e. The third kappa shape index (κ3) is 6.23. The van der Waals surface area contributed by atoms with Crippen LogP contribution in [0, 0.1) is 6.92 Å². The zero-order chi connectivity index (χ0) is 25.6. The van der Waals surface area contributed by atoms with Crippen LogP contribution in [-0.2, 0) is 30.5 Å². The van der Waals surface area contributed by atoms with Crippen molar-refractivity contribution in [3.63, 3.8) is 0 Å². The Morgan fingerprint density at radius 1 is 0.838 bits per heavy atom. The summed E-state index contributed by atoms with van der Waals surface area (Å²) in [5.41, 5.74) is 1.23. The topological polar surface area (TPSA) is 84.9 Å². The van der Waals surface area contributed by atoms with E-state index in [0.29, 0.717) is 6.61 Å². The maximum absolute atomic E-state index is 5.19. The molecule has 2 N–H and O–H groups in total. The Morgan fingerprint density at radius 2 is 1.57 bits per heavy atom. The van der Waals surface area contributed by atoms with E-state index in [9.17, 15) is 0 Å². The van der Waals surface area contributed by atoms with Crippen LogP contribution < -0.4 is 10.6 Å². The molecule has 0 aliphatic rings. The molecule has 0 aliphatic heterocycles. The van der Waals surface area contributed by atoms with E-state index >= 15 is 0 Å². The molecule has 0 unspecified atom stereocenters. The summed E-state index contributed by atoms with van der Waals surface area (Å²) in [6.07, 6.45) is 3.57. The number of anilines is 2. The molecule has 0 radical (unpaired) electrons. The molecule has 5 rings (SSSR count). The lowest BCUT2D eigenvalue weighted by Crippen LogP contribution is -2.10. The number of fused-ring (bicyclic) bond motifs is 2. The maximum atomic E-state index is 5.19. The summed E-state index contributed by atoms with van der Waals surface area (Å²) in [5.74, 6) is 3.58. The van der Waals surface area contributed by atoms with Gasteiger partial charge in [-0.1, -0.05) is 37.3 Å². The molecule has 192 valence electrons. The van der Waals surface area contributed by atoms with Crippen LogP contribution in [0.5, 0.6) is 0 Å². The van der Waals surface area contributed by atoms with E-state index in [1.54, 1.807) is 29.8 Å². The van der Waals surface area contributed by atoms with Gasteiger partial charge >= 0.3 is 0 Å². The third-order valence-electron chi connectivity index (χ3n) is 6.09. The van der Waals surface area contributed by atoms with Crippen molar-refractivity contribution in [3.8, 4) is 0 Å². The highest BCUT2D eigenvalue weighted by Crippen LogP contribution is 2.31. The highest BCUT2D eigenvalue weighted by Gasteiger charge is 2.13. The number of rotatable bonds is 12. The van der Waals surface area contributed by atoms with E-state index in [0.717, 1.165) is 82.5 Å². The fourth-order valence-electron chi connectivity index (χ4n) is 4.24. The summed E-state index contributed by atoms with van der Waals surface area (Å²) in [6.45, 7) is 6.31. The summed E-state index contributed by atoms with van der Waals surface area (Å²) in [6, 6.07) is 14.8. The number of methoxy groups -OCH3 is 1. The number of hydrogen-bond donors (Lipinski definition) is 2. The van der Waals surface area contributed by atoms with Crippen molar-refractivity contribution >= 4 is 54.7 Å². The molecule has 9 heteroatoms. The van der Waals surface area contributed by atoms with Gasteiger partial charge in [-0.25, -0.2) is 19.9 Å². The molecule has 0 saturated heterocycles. The average Bonchev–Trinajstić information content (AvgIpc) is 3.50. The molecule has 0 fully saturated rings. The molecule has 4 heterocycles. The molecule has 0 amide bonds. The lowest BCUT2D eigenvalue weighted by molar-refractivity contribution is 0.210. The SMILES string of the molecule is CCc1nc(NCc2ccccc2)c2cc(CCCc3nc(NCCOC)c4cc(C)sc4n3)sc2n1. The molecule has 0 saturated carbocycles. The molecular weight excluding hydrogens is 500 g/mol. The highest BCUT2D eigenvalue weighted by molar-refractivity contribution is 7.19. The van der Waals surface area contributed by atoms with Gasteiger partial charge in [-0.05, 0) is 37.5 Å². The third-order valence-corrected chi connectivity index (χ3v) is 8.13. The molecule has 37 heavy (non-hydrogen) atoms. The first-order valence-corrected chi connectivity index (χ1v) is 14.3. The number of aryl methyl sites for hydroxylation is 4. The predicted molar refractivity (Wildman–Crippen MR) is 155 cm³/mol. The van der Waals surface area contributed by atoms with Crippen LogP contribution in [0.15, 0.2) is 42.5 Å². The quantitative estimate of drug-likeness (QED) is 0.180. The molecule has 5 aromatic rings. The Hall–Kier alpha value is -3.14. The number of nitrogens with zero attached hydrogens (tertiary/aromatic N) is 4. The minimum absolute atomic E-state index is 0.640. The van der Waals surface area contributed by atoms with Gasteiger partial charge in [0, 0.05) is 42.8 Å². The molecule has 0 aliphatic carbocycles. The summed E-state index contributed by atoms with van der Waals surface area (Å²) in [7, 11) is 1.71. The van der Waals surface area contributed by atoms with Crippen molar-refractivity contribution in [1.82, 2.24) is 19.9 Å². The van der Waals surface area contributed by atoms with E-state index in [1.165, 1.54) is 15.3 Å². The van der Waals surface area contributed by atoms with E-state index in [1.807, 2.05) is 6.07 Å². The second kappa shape index (κ2) is 11.9. The Morgan fingerprint density at radius 3 is 2.38 bits per heavy atom. The van der Waals surface area contributed by atoms with Crippen LogP contribution in [0.3, 0.4) is 0 Å². The van der Waals surface area contributed by atoms with Gasteiger partial charge in [0.2, 0.25) is 0 Å². The van der Waals surface area contributed by atoms with Gasteiger partial charge in [0.15, 0.2) is 0 Å². The van der Waals surface area contributed by atoms with Crippen molar-refractivity contribution in [1.29, 1.82) is 0 Å². The van der Waals surface area contributed by atoms with Crippen LogP contribution in [0.2, 0.25) is 0 Å². The van der Waals surface area contributed by atoms with E-state index in [2.05, 4.69) is 60.9 Å². The summed E-state index contributed by atoms with van der Waals surface area (Å²) in [5, 5.41) is 9.15. The fraction of sp³-hybridized carbons (Fsp3) is 0.357. The minimum atomic E-state index is 0.640. The van der Waals surface area contributed by atoms with Crippen molar-refractivity contribution in [3.05, 3.63) is 69.4 Å². The average molecular weight is 533 g/mol. The molecule has 4 aromatic heterocycles. The second-order valence-electron chi connectivity index (χ2n) is 8.95. The Labute approximate surface area is 225 Å². The van der Waals surface area contributed by atoms with Gasteiger partial charge in [0.1, 0.15) is 32.9 Å². The Balaban J connectivity index is 1.30. The Bertz CT molecular complexity index is 1480. The molecule has 7 nitrogen and oxygen atoms in total. The van der Waals surface area contributed by atoms with Gasteiger partial charge in [-0.2, -0.15) is 0 Å². The number of ether oxygens (including phenoxy) is 1. The normalized spacial score (nSPS) is 11.4. The Kier molecular flexibility index (Phi) is 8.23. The van der Waals surface area contributed by atoms with Gasteiger partial charge in [-0.3, -0.25) is 0 Å². The first-order chi connectivity index (χ1) is 18.1. The summed E-state index contributed by atoms with van der Waals surface area (Å²) in [4.78, 5) is 24.0. The van der Waals surface area contributed by atoms with Crippen molar-refractivity contribution in [2.24, 2.45) is 0 Å². The molecule has 0 spiro atoms. The number of thiophene rings is 2. The first-order valence-electron chi connectivity index (χ1n) is 12.7. The standard InChI is InChI=1S/C28H32N6OS2/c1-4-23-31-26(30-17-19-9-6-5-7-10-19)22-16-20(37-28(22)33-23)11-8-12-24-32-25(29-13-14-35-3)21-15-18(2)36-27(21)34-24/h5-7,9-10,15-16H,4,8,11-14,17H2,1-3H3,(H,29,32,34)(H,30,31,33). The zero-order valence-electron chi connectivity index (χ0n) is 21.5. The van der Waals surface area contributed by atoms with Crippen LogP contribution in [-0.4, -0.2) is 40.2 Å². The highest BCUT2D eigenvalue weighted by atomic mass is 32.1. The van der Waals surface area contributed by atoms with E-state index < -0.39 is 0 Å². The predicted octanol–water partition coefficient (Wildman–Crippen LogP) is 6.41. The lowest BCUT2D eigenvalue weighted by atomic mass is 10.2. The van der Waals surface area contributed by atoms with Gasteiger partial charge in [-0.15, -0.1) is 22.7 Å². The van der Waals surface area contributed by atoms with E-state index in [4.69, 9.17) is 24.7 Å². The van der Waals surface area contributed by atoms with Crippen molar-refractivity contribution in [2.45, 2.75) is 46.1 Å². The summed E-state index contributed by atoms with van der Waals surface area (Å²) < 4.78 is 5.19. The minimum Gasteiger partial charge on any atom is -0.383 e. The van der Waals surface area contributed by atoms with Gasteiger partial charge < -0.3 is 15.4 Å². The number of hydrogen-bond acceptors (Lipinski definition) is 9. The van der Waals surface area contributed by atoms with E-state index in [-0.39, 0.29) is 0 Å². The van der Waals surface area contributed by atoms with Crippen molar-refractivity contribution < 1.29 is 4.74 Å². The summed E-state index contributed by atoms with van der Waals surface area (Å²) >= 11 is 3.48. The number of nitrogens with one attached hydrogen (secondary N) is 2. The molecule has 0 bridgehead atoms. The lowest BCUT2D eigenvalue weighted by Gasteiger charge is -2.08. The van der Waals surface area contributed by atoms with Gasteiger partial charge in [0.05, 0.1) is 17.4 Å². The zero-order valence-corrected chi connectivity index (χ0v) is 23.1. The monoisotopic (exact) mass is 532 g/mol. The van der Waals surface area contributed by atoms with Crippen LogP contribution in [0.1, 0.15) is 40.3 Å². The van der Waals surface area contributed by atoms with Crippen LogP contribution in [0.4, 0.5) is 11.6 Å². The van der Waals surface area contributed by atoms with Crippen LogP contribution in [0.25, 0.3) is 20.4 Å². The van der Waals surface area contributed by atoms with Gasteiger partial charge in [0.25, 0.3) is 0 Å². The first kappa shape index (κ1) is 25.5. The van der Waals surface area contributed by atoms with Crippen LogP contribution >= 0.6 is 22.7 Å². The largest absolute Gasteiger partial charge is 0.383 e. The molecule has 1 aromatic carbocycles. The number of aromatic nitrogens is 4. The number of benzene rings is 1. The van der Waals surface area contributed by atoms with Crippen molar-refractivity contribution in [2.75, 3.05) is 30.9 Å². The second-order valence-corrected chi connectivity index (χ2v) is 11.3. The fourth-order valence-corrected chi connectivity index (χ4v) is 6.22. The molecular formula is C28H32N6OS2. The molecule has 0 atom stereocenters.